The summed E-state index contributed by atoms with van der Waals surface area (Å²) in [6.45, 7) is 0. The maximum absolute atomic E-state index is 13.2. The zero-order valence-electron chi connectivity index (χ0n) is 10.5. The topological polar surface area (TPSA) is 17.1 Å². The first-order chi connectivity index (χ1) is 9.77. The van der Waals surface area contributed by atoms with Crippen LogP contribution in [0.3, 0.4) is 0 Å². The summed E-state index contributed by atoms with van der Waals surface area (Å²) in [6.07, 6.45) is -4.56. The van der Waals surface area contributed by atoms with Gasteiger partial charge in [-0.15, -0.1) is 0 Å². The molecule has 0 heterocycles. The summed E-state index contributed by atoms with van der Waals surface area (Å²) >= 11 is 5.53. The van der Waals surface area contributed by atoms with Gasteiger partial charge in [0.15, 0.2) is 5.78 Å². The fourth-order valence-electron chi connectivity index (χ4n) is 1.78. The zero-order valence-corrected chi connectivity index (χ0v) is 11.3. The molecule has 0 amide bonds. The molecule has 0 aliphatic carbocycles. The standard InChI is InChI=1S/C15H9ClF4O/c16-12-6-1-9(7-13(12)17)8-14(21)10-2-4-11(5-3-10)15(18,19)20/h1-7H,8H2. The fraction of sp³-hybridized carbons (Fsp3) is 0.133. The molecule has 110 valence electrons. The van der Waals surface area contributed by atoms with Crippen LogP contribution in [0, 0.1) is 5.82 Å². The minimum Gasteiger partial charge on any atom is -0.294 e. The van der Waals surface area contributed by atoms with Gasteiger partial charge in [-0.05, 0) is 29.8 Å². The van der Waals surface area contributed by atoms with Gasteiger partial charge in [-0.3, -0.25) is 4.79 Å². The lowest BCUT2D eigenvalue weighted by molar-refractivity contribution is -0.137. The third-order valence-corrected chi connectivity index (χ3v) is 3.19. The summed E-state index contributed by atoms with van der Waals surface area (Å²) in [5.74, 6) is -1.04. The molecule has 21 heavy (non-hydrogen) atoms. The van der Waals surface area contributed by atoms with E-state index in [0.717, 1.165) is 30.3 Å². The molecule has 2 aromatic rings. The predicted molar refractivity (Wildman–Crippen MR) is 70.9 cm³/mol. The average Bonchev–Trinajstić information content (AvgIpc) is 2.42. The number of halogens is 5. The van der Waals surface area contributed by atoms with E-state index in [9.17, 15) is 22.4 Å². The summed E-state index contributed by atoms with van der Waals surface area (Å²) in [5, 5.41) is -0.0549. The number of carbonyl (C=O) groups excluding carboxylic acids is 1. The molecule has 0 atom stereocenters. The molecule has 0 saturated heterocycles. The Morgan fingerprint density at radius 3 is 2.19 bits per heavy atom. The minimum atomic E-state index is -4.44. The first-order valence-electron chi connectivity index (χ1n) is 5.92. The maximum Gasteiger partial charge on any atom is 0.416 e. The van der Waals surface area contributed by atoms with E-state index in [1.165, 1.54) is 12.1 Å². The number of ketones is 1. The quantitative estimate of drug-likeness (QED) is 0.580. The molecule has 0 bridgehead atoms. The number of Topliss-reactive ketones (excluding diaryl/α,β-unsaturated/α-hetero) is 1. The Hall–Kier alpha value is -1.88. The van der Waals surface area contributed by atoms with Crippen LogP contribution in [0.2, 0.25) is 5.02 Å². The van der Waals surface area contributed by atoms with Crippen LogP contribution in [0.25, 0.3) is 0 Å². The highest BCUT2D eigenvalue weighted by molar-refractivity contribution is 6.30. The largest absolute Gasteiger partial charge is 0.416 e. The van der Waals surface area contributed by atoms with Gasteiger partial charge >= 0.3 is 6.18 Å². The molecule has 2 rings (SSSR count). The van der Waals surface area contributed by atoms with Crippen LogP contribution in [0.15, 0.2) is 42.5 Å². The normalized spacial score (nSPS) is 11.5. The van der Waals surface area contributed by atoms with Crippen molar-refractivity contribution in [3.63, 3.8) is 0 Å². The van der Waals surface area contributed by atoms with Crippen LogP contribution in [0.4, 0.5) is 17.6 Å². The zero-order chi connectivity index (χ0) is 15.6. The highest BCUT2D eigenvalue weighted by Gasteiger charge is 2.30. The third-order valence-electron chi connectivity index (χ3n) is 2.88. The SMILES string of the molecule is O=C(Cc1ccc(Cl)c(F)c1)c1ccc(C(F)(F)F)cc1. The monoisotopic (exact) mass is 316 g/mol. The number of rotatable bonds is 3. The molecule has 0 unspecified atom stereocenters. The van der Waals surface area contributed by atoms with E-state index in [-0.39, 0.29) is 17.0 Å². The molecule has 0 spiro atoms. The van der Waals surface area contributed by atoms with Crippen LogP contribution >= 0.6 is 11.6 Å². The Morgan fingerprint density at radius 1 is 1.05 bits per heavy atom. The van der Waals surface area contributed by atoms with Crippen LogP contribution in [0.1, 0.15) is 21.5 Å². The van der Waals surface area contributed by atoms with E-state index in [4.69, 9.17) is 11.6 Å². The van der Waals surface area contributed by atoms with E-state index >= 15 is 0 Å². The summed E-state index contributed by atoms with van der Waals surface area (Å²) in [6, 6.07) is 7.85. The van der Waals surface area contributed by atoms with Crippen LogP contribution in [0.5, 0.6) is 0 Å². The summed E-state index contributed by atoms with van der Waals surface area (Å²) in [7, 11) is 0. The van der Waals surface area contributed by atoms with Crippen molar-refractivity contribution in [2.45, 2.75) is 12.6 Å². The molecular weight excluding hydrogens is 308 g/mol. The van der Waals surface area contributed by atoms with Gasteiger partial charge in [0.1, 0.15) is 5.82 Å². The number of carbonyl (C=O) groups is 1. The number of benzene rings is 2. The second-order valence-corrected chi connectivity index (χ2v) is 4.83. The van der Waals surface area contributed by atoms with Crippen molar-refractivity contribution in [2.24, 2.45) is 0 Å². The van der Waals surface area contributed by atoms with Crippen molar-refractivity contribution >= 4 is 17.4 Å². The summed E-state index contributed by atoms with van der Waals surface area (Å²) in [4.78, 5) is 11.9. The number of alkyl halides is 3. The first-order valence-corrected chi connectivity index (χ1v) is 6.29. The lowest BCUT2D eigenvalue weighted by Crippen LogP contribution is -2.07. The van der Waals surface area contributed by atoms with Crippen molar-refractivity contribution in [1.82, 2.24) is 0 Å². The van der Waals surface area contributed by atoms with Crippen LogP contribution in [-0.4, -0.2) is 5.78 Å². The van der Waals surface area contributed by atoms with Crippen molar-refractivity contribution in [1.29, 1.82) is 0 Å². The molecule has 0 aliphatic rings. The van der Waals surface area contributed by atoms with E-state index in [1.54, 1.807) is 0 Å². The molecule has 1 nitrogen and oxygen atoms in total. The number of hydrogen-bond acceptors (Lipinski definition) is 1. The predicted octanol–water partition coefficient (Wildman–Crippen LogP) is 4.92. The van der Waals surface area contributed by atoms with Gasteiger partial charge in [0.25, 0.3) is 0 Å². The Kier molecular flexibility index (Phi) is 4.32. The van der Waals surface area contributed by atoms with Gasteiger partial charge in [0, 0.05) is 12.0 Å². The van der Waals surface area contributed by atoms with E-state index in [0.29, 0.717) is 5.56 Å². The maximum atomic E-state index is 13.2. The molecule has 0 aromatic heterocycles. The molecule has 0 saturated carbocycles. The molecule has 0 fully saturated rings. The van der Waals surface area contributed by atoms with E-state index in [2.05, 4.69) is 0 Å². The first kappa shape index (κ1) is 15.5. The van der Waals surface area contributed by atoms with Gasteiger partial charge < -0.3 is 0 Å². The minimum absolute atomic E-state index is 0.0549. The Balaban J connectivity index is 2.15. The average molecular weight is 317 g/mol. The second-order valence-electron chi connectivity index (χ2n) is 4.42. The van der Waals surface area contributed by atoms with E-state index in [1.807, 2.05) is 0 Å². The summed E-state index contributed by atoms with van der Waals surface area (Å²) < 4.78 is 50.5. The Labute approximate surface area is 123 Å². The van der Waals surface area contributed by atoms with Crippen LogP contribution < -0.4 is 0 Å². The van der Waals surface area contributed by atoms with Crippen molar-refractivity contribution in [3.8, 4) is 0 Å². The van der Waals surface area contributed by atoms with Gasteiger partial charge in [-0.1, -0.05) is 29.8 Å². The molecule has 0 radical (unpaired) electrons. The molecular formula is C15H9ClF4O. The fourth-order valence-corrected chi connectivity index (χ4v) is 1.90. The Morgan fingerprint density at radius 2 is 1.67 bits per heavy atom. The van der Waals surface area contributed by atoms with Crippen molar-refractivity contribution in [3.05, 3.63) is 70.0 Å². The third kappa shape index (κ3) is 3.82. The molecule has 0 N–H and O–H groups in total. The second kappa shape index (κ2) is 5.85. The smallest absolute Gasteiger partial charge is 0.294 e. The van der Waals surface area contributed by atoms with Gasteiger partial charge in [-0.2, -0.15) is 13.2 Å². The molecule has 0 aliphatic heterocycles. The van der Waals surface area contributed by atoms with Crippen LogP contribution in [-0.2, 0) is 12.6 Å². The molecule has 6 heteroatoms. The van der Waals surface area contributed by atoms with Gasteiger partial charge in [-0.25, -0.2) is 4.39 Å². The lowest BCUT2D eigenvalue weighted by atomic mass is 10.0. The van der Waals surface area contributed by atoms with Crippen molar-refractivity contribution in [2.75, 3.05) is 0 Å². The van der Waals surface area contributed by atoms with Gasteiger partial charge in [0.2, 0.25) is 0 Å². The van der Waals surface area contributed by atoms with E-state index < -0.39 is 23.3 Å². The highest BCUT2D eigenvalue weighted by atomic mass is 35.5. The highest BCUT2D eigenvalue weighted by Crippen LogP contribution is 2.29. The Bertz CT molecular complexity index is 662. The number of hydrogen-bond donors (Lipinski definition) is 0. The van der Waals surface area contributed by atoms with Crippen molar-refractivity contribution < 1.29 is 22.4 Å². The summed E-state index contributed by atoms with van der Waals surface area (Å²) in [5.41, 5.74) is -0.281. The van der Waals surface area contributed by atoms with Gasteiger partial charge in [0.05, 0.1) is 10.6 Å². The lowest BCUT2D eigenvalue weighted by Gasteiger charge is -2.07. The molecule has 2 aromatic carbocycles.